The van der Waals surface area contributed by atoms with Crippen LogP contribution in [-0.2, 0) is 30.1 Å². The van der Waals surface area contributed by atoms with Crippen LogP contribution >= 0.6 is 0 Å². The van der Waals surface area contributed by atoms with E-state index in [4.69, 9.17) is 8.22 Å². The molecule has 1 aliphatic rings. The molecule has 0 radical (unpaired) electrons. The van der Waals surface area contributed by atoms with E-state index in [9.17, 15) is 30.0 Å². The molecule has 1 atom stereocenters. The van der Waals surface area contributed by atoms with Gasteiger partial charge in [0.15, 0.2) is 5.60 Å². The molecule has 10 heteroatoms. The molecule has 168 valence electrons. The molecule has 0 amide bonds. The van der Waals surface area contributed by atoms with Crippen molar-refractivity contribution in [1.82, 2.24) is 14.5 Å². The number of hydrogen-bond acceptors (Lipinski definition) is 7. The first-order chi connectivity index (χ1) is 17.5. The zero-order valence-electron chi connectivity index (χ0n) is 24.0. The van der Waals surface area contributed by atoms with Crippen LogP contribution in [0.4, 0.5) is 0 Å². The summed E-state index contributed by atoms with van der Waals surface area (Å²) in [6.45, 7) is -6.22. The summed E-state index contributed by atoms with van der Waals surface area (Å²) in [5.41, 5.74) is -2.73. The van der Waals surface area contributed by atoms with Crippen molar-refractivity contribution in [2.24, 2.45) is 0 Å². The molecular formula is C23H24N3NaO6. The third-order valence-electron chi connectivity index (χ3n) is 5.90. The maximum Gasteiger partial charge on any atom is 1.00 e. The largest absolute Gasteiger partial charge is 1.00 e. The maximum atomic E-state index is 13.2. The molecule has 0 saturated carbocycles. The number of aliphatic carboxylic acids is 1. The van der Waals surface area contributed by atoms with Gasteiger partial charge in [0.1, 0.15) is 0 Å². The van der Waals surface area contributed by atoms with Gasteiger partial charge >= 0.3 is 35.5 Å². The molecule has 33 heavy (non-hydrogen) atoms. The van der Waals surface area contributed by atoms with Gasteiger partial charge in [0, 0.05) is 36.8 Å². The number of carboxylic acids is 1. The Labute approximate surface area is 220 Å². The Kier molecular flexibility index (Phi) is 5.03. The van der Waals surface area contributed by atoms with Gasteiger partial charge in [-0.15, -0.1) is 5.75 Å². The maximum absolute atomic E-state index is 13.2. The predicted molar refractivity (Wildman–Crippen MR) is 115 cm³/mol. The Morgan fingerprint density at radius 3 is 2.67 bits per heavy atom. The van der Waals surface area contributed by atoms with Gasteiger partial charge < -0.3 is 29.9 Å². The molecule has 2 aromatic heterocycles. The standard InChI is InChI=1S/C23H25N3O6.Na/c1-4-23(32,22(30)31)16-8-18-20-12(9-26(18)21(29)15(16)11-27)7-13-14(10-25(2)3)19(28)6-5-17(13)24-20;/h5-8,27-28,32H,4,9-11H2,1-3H3,(H,30,31);/q;+1/p-1/t23-;/m0./s1/i2D3,3D3;. The first-order valence-corrected chi connectivity index (χ1v) is 9.79. The molecule has 0 unspecified atom stereocenters. The first-order valence-electron chi connectivity index (χ1n) is 12.8. The topological polar surface area (TPSA) is 139 Å². The van der Waals surface area contributed by atoms with Crippen LogP contribution in [0.2, 0.25) is 0 Å². The van der Waals surface area contributed by atoms with Crippen molar-refractivity contribution in [2.45, 2.75) is 38.6 Å². The number of fused-ring (bicyclic) bond motifs is 4. The predicted octanol–water partition coefficient (Wildman–Crippen LogP) is -2.26. The van der Waals surface area contributed by atoms with E-state index in [1.54, 1.807) is 0 Å². The Bertz CT molecular complexity index is 1510. The molecule has 0 fully saturated rings. The van der Waals surface area contributed by atoms with Gasteiger partial charge in [-0.25, -0.2) is 9.78 Å². The van der Waals surface area contributed by atoms with Crippen LogP contribution in [0, 0.1) is 0 Å². The first kappa shape index (κ1) is 18.1. The van der Waals surface area contributed by atoms with Crippen molar-refractivity contribution in [3.63, 3.8) is 0 Å². The van der Waals surface area contributed by atoms with Gasteiger partial charge in [0.2, 0.25) is 0 Å². The number of pyridine rings is 2. The normalized spacial score (nSPS) is 17.5. The van der Waals surface area contributed by atoms with E-state index in [0.717, 1.165) is 6.07 Å². The van der Waals surface area contributed by atoms with E-state index in [1.807, 2.05) is 0 Å². The summed E-state index contributed by atoms with van der Waals surface area (Å²) in [7, 11) is 0. The molecule has 3 N–H and O–H groups in total. The van der Waals surface area contributed by atoms with Crippen LogP contribution in [0.25, 0.3) is 22.3 Å². The van der Waals surface area contributed by atoms with Crippen LogP contribution in [0.5, 0.6) is 5.75 Å². The summed E-state index contributed by atoms with van der Waals surface area (Å²) in [5, 5.41) is 43.3. The molecule has 0 saturated heterocycles. The minimum Gasteiger partial charge on any atom is -0.872 e. The molecule has 0 spiro atoms. The van der Waals surface area contributed by atoms with Gasteiger partial charge in [0.25, 0.3) is 5.56 Å². The number of nitrogens with zero attached hydrogens (tertiary/aromatic N) is 3. The number of carbonyl (C=O) groups is 1. The van der Waals surface area contributed by atoms with E-state index >= 15 is 0 Å². The third kappa shape index (κ3) is 3.99. The fourth-order valence-electron chi connectivity index (χ4n) is 4.18. The fourth-order valence-corrected chi connectivity index (χ4v) is 4.18. The molecule has 3 heterocycles. The number of rotatable bonds is 6. The van der Waals surface area contributed by atoms with Crippen LogP contribution in [0.15, 0.2) is 29.1 Å². The van der Waals surface area contributed by atoms with E-state index < -0.39 is 50.0 Å². The van der Waals surface area contributed by atoms with Crippen molar-refractivity contribution >= 4 is 16.9 Å². The van der Waals surface area contributed by atoms with Crippen molar-refractivity contribution < 1.29 is 63.0 Å². The fraction of sp³-hybridized carbons (Fsp3) is 0.348. The second kappa shape index (κ2) is 9.17. The Morgan fingerprint density at radius 1 is 1.33 bits per heavy atom. The SMILES string of the molecule is [2H]C([2H])([2H])N(Cc1c([O-])ccc2nc3c(cc12)Cn1c-3cc([C@@](O)(CC)C(=O)O)c(CO)c1=O)C([2H])([2H])[2H].[Na+]. The molecule has 3 aromatic rings. The van der Waals surface area contributed by atoms with Gasteiger partial charge in [-0.2, -0.15) is 0 Å². The average Bonchev–Trinajstić information content (AvgIpc) is 3.17. The summed E-state index contributed by atoms with van der Waals surface area (Å²) >= 11 is 0. The number of benzene rings is 1. The van der Waals surface area contributed by atoms with Crippen LogP contribution in [0.3, 0.4) is 0 Å². The molecule has 1 aliphatic heterocycles. The monoisotopic (exact) mass is 467 g/mol. The molecule has 4 rings (SSSR count). The number of aliphatic hydroxyl groups is 2. The summed E-state index contributed by atoms with van der Waals surface area (Å²) in [5.74, 6) is -2.19. The summed E-state index contributed by atoms with van der Waals surface area (Å²) in [6, 6.07) is 5.32. The van der Waals surface area contributed by atoms with Crippen molar-refractivity contribution in [3.8, 4) is 17.1 Å². The summed E-state index contributed by atoms with van der Waals surface area (Å²) in [6.07, 6.45) is -0.282. The van der Waals surface area contributed by atoms with E-state index in [-0.39, 0.29) is 86.4 Å². The van der Waals surface area contributed by atoms with Crippen LogP contribution < -0.4 is 40.2 Å². The Balaban J connectivity index is 0.00000420. The molecular weight excluding hydrogens is 437 g/mol. The molecule has 0 bridgehead atoms. The van der Waals surface area contributed by atoms with Gasteiger partial charge in [-0.1, -0.05) is 13.0 Å². The van der Waals surface area contributed by atoms with E-state index in [2.05, 4.69) is 4.98 Å². The second-order valence-electron chi connectivity index (χ2n) is 7.68. The summed E-state index contributed by atoms with van der Waals surface area (Å²) in [4.78, 5) is 29.9. The minimum absolute atomic E-state index is 0. The van der Waals surface area contributed by atoms with Crippen molar-refractivity contribution in [1.29, 1.82) is 0 Å². The van der Waals surface area contributed by atoms with E-state index in [1.165, 1.54) is 29.7 Å². The smallest absolute Gasteiger partial charge is 0.872 e. The third-order valence-corrected chi connectivity index (χ3v) is 5.90. The van der Waals surface area contributed by atoms with Crippen molar-refractivity contribution in [3.05, 3.63) is 56.9 Å². The van der Waals surface area contributed by atoms with Gasteiger partial charge in [0.05, 0.1) is 30.1 Å². The van der Waals surface area contributed by atoms with Crippen LogP contribution in [0.1, 0.15) is 43.8 Å². The van der Waals surface area contributed by atoms with Gasteiger partial charge in [-0.05, 0) is 44.1 Å². The Hall–Kier alpha value is -2.27. The molecule has 9 nitrogen and oxygen atoms in total. The molecule has 0 aliphatic carbocycles. The van der Waals surface area contributed by atoms with Gasteiger partial charge in [-0.3, -0.25) is 4.79 Å². The Morgan fingerprint density at radius 2 is 2.06 bits per heavy atom. The van der Waals surface area contributed by atoms with E-state index in [0.29, 0.717) is 5.56 Å². The number of aromatic nitrogens is 2. The zero-order chi connectivity index (χ0) is 28.4. The number of hydrogen-bond donors (Lipinski definition) is 3. The second-order valence-corrected chi connectivity index (χ2v) is 7.68. The van der Waals surface area contributed by atoms with Crippen LogP contribution in [-0.4, -0.2) is 49.7 Å². The molecule has 1 aromatic carbocycles. The minimum atomic E-state index is -3.02. The zero-order valence-corrected chi connectivity index (χ0v) is 20.0. The van der Waals surface area contributed by atoms with Crippen molar-refractivity contribution in [2.75, 3.05) is 14.0 Å². The number of carboxylic acid groups (broad SMARTS) is 1. The number of aliphatic hydroxyl groups excluding tert-OH is 1. The average molecular weight is 467 g/mol. The quantitative estimate of drug-likeness (QED) is 0.270. The summed E-state index contributed by atoms with van der Waals surface area (Å²) < 4.78 is 47.0.